The van der Waals surface area contributed by atoms with Gasteiger partial charge >= 0.3 is 5.97 Å². The second-order valence-electron chi connectivity index (χ2n) is 5.90. The molecule has 0 aliphatic heterocycles. The zero-order valence-corrected chi connectivity index (χ0v) is 15.7. The van der Waals surface area contributed by atoms with Gasteiger partial charge in [0.25, 0.3) is 0 Å². The van der Waals surface area contributed by atoms with Crippen molar-refractivity contribution in [2.45, 2.75) is 6.04 Å². The fraction of sp³-hybridized carbons (Fsp3) is 0.0500. The number of halogens is 2. The average molecular weight is 402 g/mol. The highest BCUT2D eigenvalue weighted by Gasteiger charge is 2.23. The molecule has 4 aromatic rings. The van der Waals surface area contributed by atoms with Crippen LogP contribution in [0.3, 0.4) is 0 Å². The number of carboxylic acid groups (broad SMARTS) is 1. The fourth-order valence-electron chi connectivity index (χ4n) is 3.07. The first-order chi connectivity index (χ1) is 12.5. The van der Waals surface area contributed by atoms with Crippen molar-refractivity contribution in [1.29, 1.82) is 0 Å². The van der Waals surface area contributed by atoms with Gasteiger partial charge in [-0.3, -0.25) is 0 Å². The minimum atomic E-state index is -0.967. The van der Waals surface area contributed by atoms with Gasteiger partial charge in [-0.25, -0.2) is 4.79 Å². The third-order valence-corrected chi connectivity index (χ3v) is 5.84. The van der Waals surface area contributed by atoms with Crippen molar-refractivity contribution in [3.05, 3.63) is 76.3 Å². The number of thiophene rings is 1. The number of benzene rings is 3. The van der Waals surface area contributed by atoms with Gasteiger partial charge < -0.3 is 10.4 Å². The van der Waals surface area contributed by atoms with E-state index in [4.69, 9.17) is 23.2 Å². The molecule has 0 radical (unpaired) electrons. The molecular formula is C20H13Cl2NO2S. The summed E-state index contributed by atoms with van der Waals surface area (Å²) in [7, 11) is 0. The highest BCUT2D eigenvalue weighted by atomic mass is 35.5. The summed E-state index contributed by atoms with van der Waals surface area (Å²) >= 11 is 13.7. The van der Waals surface area contributed by atoms with Gasteiger partial charge in [0.1, 0.15) is 0 Å². The Hall–Kier alpha value is -2.27. The van der Waals surface area contributed by atoms with Gasteiger partial charge in [0.15, 0.2) is 6.04 Å². The van der Waals surface area contributed by atoms with E-state index < -0.39 is 12.0 Å². The third-order valence-electron chi connectivity index (χ3n) is 4.17. The molecule has 1 heterocycles. The van der Waals surface area contributed by atoms with E-state index in [9.17, 15) is 9.90 Å². The first-order valence-corrected chi connectivity index (χ1v) is 9.46. The first kappa shape index (κ1) is 17.2. The third kappa shape index (κ3) is 3.12. The molecule has 0 spiro atoms. The molecule has 0 amide bonds. The lowest BCUT2D eigenvalue weighted by atomic mass is 10.0. The maximum absolute atomic E-state index is 12.0. The van der Waals surface area contributed by atoms with Crippen LogP contribution in [0.2, 0.25) is 10.0 Å². The minimum Gasteiger partial charge on any atom is -0.479 e. The minimum absolute atomic E-state index is 0.448. The maximum atomic E-state index is 12.0. The van der Waals surface area contributed by atoms with Gasteiger partial charge in [-0.05, 0) is 24.3 Å². The van der Waals surface area contributed by atoms with Crippen molar-refractivity contribution in [3.8, 4) is 0 Å². The molecule has 0 bridgehead atoms. The summed E-state index contributed by atoms with van der Waals surface area (Å²) in [4.78, 5) is 12.0. The molecular weight excluding hydrogens is 389 g/mol. The Kier molecular flexibility index (Phi) is 4.49. The Labute approximate surface area is 163 Å². The smallest absolute Gasteiger partial charge is 0.330 e. The fourth-order valence-corrected chi connectivity index (χ4v) is 4.84. The molecule has 2 N–H and O–H groups in total. The number of hydrogen-bond acceptors (Lipinski definition) is 3. The van der Waals surface area contributed by atoms with Crippen molar-refractivity contribution < 1.29 is 9.90 Å². The molecule has 3 nitrogen and oxygen atoms in total. The van der Waals surface area contributed by atoms with Gasteiger partial charge in [-0.2, -0.15) is 0 Å². The van der Waals surface area contributed by atoms with Crippen LogP contribution in [0.15, 0.2) is 60.7 Å². The van der Waals surface area contributed by atoms with E-state index in [2.05, 4.69) is 11.4 Å². The van der Waals surface area contributed by atoms with Gasteiger partial charge in [-0.15, -0.1) is 11.3 Å². The van der Waals surface area contributed by atoms with Crippen LogP contribution in [0.25, 0.3) is 20.2 Å². The normalized spacial score (nSPS) is 12.4. The Balaban J connectivity index is 1.85. The van der Waals surface area contributed by atoms with Gasteiger partial charge in [0.2, 0.25) is 0 Å². The standard InChI is InChI=1S/C20H13Cl2NO2S/c21-11-8-12(22)10-13(9-11)23-18(20(24)25)16-6-3-5-15-14-4-1-2-7-17(14)26-19(15)16/h1-10,18,23H,(H,24,25). The molecule has 0 saturated heterocycles. The largest absolute Gasteiger partial charge is 0.479 e. The number of nitrogens with one attached hydrogen (secondary N) is 1. The molecule has 4 rings (SSSR count). The van der Waals surface area contributed by atoms with Crippen LogP contribution in [0, 0.1) is 0 Å². The summed E-state index contributed by atoms with van der Waals surface area (Å²) in [5.74, 6) is -0.967. The lowest BCUT2D eigenvalue weighted by Crippen LogP contribution is -2.20. The summed E-state index contributed by atoms with van der Waals surface area (Å²) in [6, 6.07) is 17.8. The molecule has 0 aliphatic carbocycles. The van der Waals surface area contributed by atoms with Crippen molar-refractivity contribution in [3.63, 3.8) is 0 Å². The zero-order chi connectivity index (χ0) is 18.3. The molecule has 1 unspecified atom stereocenters. The molecule has 3 aromatic carbocycles. The lowest BCUT2D eigenvalue weighted by Gasteiger charge is -2.17. The number of anilines is 1. The van der Waals surface area contributed by atoms with E-state index in [1.54, 1.807) is 29.5 Å². The highest BCUT2D eigenvalue weighted by molar-refractivity contribution is 7.26. The predicted octanol–water partition coefficient (Wildman–Crippen LogP) is 6.60. The monoisotopic (exact) mass is 401 g/mol. The van der Waals surface area contributed by atoms with Gasteiger partial charge in [0.05, 0.1) is 0 Å². The molecule has 26 heavy (non-hydrogen) atoms. The molecule has 0 fully saturated rings. The number of fused-ring (bicyclic) bond motifs is 3. The predicted molar refractivity (Wildman–Crippen MR) is 110 cm³/mol. The number of rotatable bonds is 4. The topological polar surface area (TPSA) is 49.3 Å². The molecule has 6 heteroatoms. The number of aliphatic carboxylic acids is 1. The molecule has 0 saturated carbocycles. The van der Waals surface area contributed by atoms with E-state index in [1.165, 1.54) is 0 Å². The molecule has 130 valence electrons. The van der Waals surface area contributed by atoms with Crippen LogP contribution in [0.1, 0.15) is 11.6 Å². The van der Waals surface area contributed by atoms with Crippen molar-refractivity contribution in [1.82, 2.24) is 0 Å². The molecule has 1 atom stereocenters. The molecule has 0 aliphatic rings. The average Bonchev–Trinajstić information content (AvgIpc) is 2.97. The summed E-state index contributed by atoms with van der Waals surface area (Å²) in [5.41, 5.74) is 1.28. The van der Waals surface area contributed by atoms with Crippen molar-refractivity contribution in [2.24, 2.45) is 0 Å². The Morgan fingerprint density at radius 2 is 1.65 bits per heavy atom. The van der Waals surface area contributed by atoms with Gasteiger partial charge in [-0.1, -0.05) is 59.6 Å². The van der Waals surface area contributed by atoms with Crippen molar-refractivity contribution >= 4 is 66.4 Å². The Morgan fingerprint density at radius 1 is 0.962 bits per heavy atom. The van der Waals surface area contributed by atoms with Crippen molar-refractivity contribution in [2.75, 3.05) is 5.32 Å². The van der Waals surface area contributed by atoms with Crippen LogP contribution in [-0.2, 0) is 4.79 Å². The van der Waals surface area contributed by atoms with Crippen LogP contribution >= 0.6 is 34.5 Å². The van der Waals surface area contributed by atoms with Crippen LogP contribution in [0.4, 0.5) is 5.69 Å². The van der Waals surface area contributed by atoms with Crippen LogP contribution < -0.4 is 5.32 Å². The van der Waals surface area contributed by atoms with E-state index in [0.717, 1.165) is 20.2 Å². The second-order valence-corrected chi connectivity index (χ2v) is 7.82. The SMILES string of the molecule is O=C(O)C(Nc1cc(Cl)cc(Cl)c1)c1cccc2c1sc1ccccc12. The summed E-state index contributed by atoms with van der Waals surface area (Å²) in [5, 5.41) is 16.0. The quantitative estimate of drug-likeness (QED) is 0.404. The van der Waals surface area contributed by atoms with E-state index in [-0.39, 0.29) is 0 Å². The van der Waals surface area contributed by atoms with E-state index in [0.29, 0.717) is 21.3 Å². The maximum Gasteiger partial charge on any atom is 0.330 e. The van der Waals surface area contributed by atoms with Gasteiger partial charge in [0, 0.05) is 41.5 Å². The first-order valence-electron chi connectivity index (χ1n) is 7.88. The van der Waals surface area contributed by atoms with Crippen LogP contribution in [0.5, 0.6) is 0 Å². The summed E-state index contributed by atoms with van der Waals surface area (Å²) in [6.07, 6.45) is 0. The zero-order valence-electron chi connectivity index (χ0n) is 13.4. The Bertz CT molecular complexity index is 1120. The number of carbonyl (C=O) groups is 1. The molecule has 1 aromatic heterocycles. The lowest BCUT2D eigenvalue weighted by molar-refractivity contribution is -0.138. The number of hydrogen-bond donors (Lipinski definition) is 2. The highest BCUT2D eigenvalue weighted by Crippen LogP contribution is 2.38. The Morgan fingerprint density at radius 3 is 2.38 bits per heavy atom. The van der Waals surface area contributed by atoms with E-state index in [1.807, 2.05) is 36.4 Å². The second kappa shape index (κ2) is 6.80. The summed E-state index contributed by atoms with van der Waals surface area (Å²) in [6.45, 7) is 0. The summed E-state index contributed by atoms with van der Waals surface area (Å²) < 4.78 is 2.09. The van der Waals surface area contributed by atoms with E-state index >= 15 is 0 Å². The van der Waals surface area contributed by atoms with Crippen LogP contribution in [-0.4, -0.2) is 11.1 Å². The number of carboxylic acids is 1.